The van der Waals surface area contributed by atoms with Gasteiger partial charge in [-0.05, 0) is 57.1 Å². The highest BCUT2D eigenvalue weighted by molar-refractivity contribution is 9.10. The average Bonchev–Trinajstić information content (AvgIpc) is 2.39. The molecule has 0 aliphatic carbocycles. The first kappa shape index (κ1) is 15.3. The summed E-state index contributed by atoms with van der Waals surface area (Å²) in [5.41, 5.74) is 1.18. The van der Waals surface area contributed by atoms with E-state index in [1.807, 2.05) is 6.07 Å². The Balaban J connectivity index is 1.92. The van der Waals surface area contributed by atoms with Gasteiger partial charge in [0.1, 0.15) is 0 Å². The fraction of sp³-hybridized carbons (Fsp3) is 0.600. The Morgan fingerprint density at radius 1 is 1.42 bits per heavy atom. The molecule has 106 valence electrons. The van der Waals surface area contributed by atoms with Crippen LogP contribution in [0.3, 0.4) is 0 Å². The predicted octanol–water partition coefficient (Wildman–Crippen LogP) is 4.24. The second kappa shape index (κ2) is 7.07. The number of nitrogens with one attached hydrogen (secondary N) is 1. The first-order chi connectivity index (χ1) is 9.10. The number of hydrogen-bond acceptors (Lipinski definition) is 2. The zero-order valence-electron chi connectivity index (χ0n) is 11.6. The fourth-order valence-electron chi connectivity index (χ4n) is 2.71. The van der Waals surface area contributed by atoms with Crippen molar-refractivity contribution < 1.29 is 0 Å². The van der Waals surface area contributed by atoms with Crippen LogP contribution in [0.25, 0.3) is 0 Å². The molecule has 0 spiro atoms. The lowest BCUT2D eigenvalue weighted by molar-refractivity contribution is 0.200. The number of benzene rings is 1. The van der Waals surface area contributed by atoms with Crippen molar-refractivity contribution in [1.82, 2.24) is 10.2 Å². The molecule has 1 atom stereocenters. The molecule has 0 radical (unpaired) electrons. The van der Waals surface area contributed by atoms with Gasteiger partial charge in [0.25, 0.3) is 0 Å². The second-order valence-corrected chi connectivity index (χ2v) is 6.59. The summed E-state index contributed by atoms with van der Waals surface area (Å²) in [7, 11) is 0. The third-order valence-electron chi connectivity index (χ3n) is 3.95. The molecule has 0 bridgehead atoms. The van der Waals surface area contributed by atoms with Gasteiger partial charge in [0, 0.05) is 21.6 Å². The maximum absolute atomic E-state index is 6.31. The summed E-state index contributed by atoms with van der Waals surface area (Å²) in [6.07, 6.45) is 2.46. The van der Waals surface area contributed by atoms with Crippen molar-refractivity contribution in [3.63, 3.8) is 0 Å². The van der Waals surface area contributed by atoms with Crippen LogP contribution >= 0.6 is 27.5 Å². The highest BCUT2D eigenvalue weighted by Gasteiger charge is 2.20. The molecule has 1 aliphatic rings. The Hall–Kier alpha value is -0.0900. The van der Waals surface area contributed by atoms with E-state index in [0.29, 0.717) is 12.1 Å². The molecule has 19 heavy (non-hydrogen) atoms. The summed E-state index contributed by atoms with van der Waals surface area (Å²) in [6.45, 7) is 8.00. The van der Waals surface area contributed by atoms with Crippen molar-refractivity contribution in [3.8, 4) is 0 Å². The topological polar surface area (TPSA) is 15.3 Å². The van der Waals surface area contributed by atoms with E-state index in [-0.39, 0.29) is 0 Å². The number of piperidine rings is 1. The summed E-state index contributed by atoms with van der Waals surface area (Å²) in [5.74, 6) is 0. The second-order valence-electron chi connectivity index (χ2n) is 5.26. The van der Waals surface area contributed by atoms with Crippen LogP contribution in [0.5, 0.6) is 0 Å². The van der Waals surface area contributed by atoms with Crippen molar-refractivity contribution in [1.29, 1.82) is 0 Å². The Labute approximate surface area is 129 Å². The zero-order valence-corrected chi connectivity index (χ0v) is 14.0. The van der Waals surface area contributed by atoms with Gasteiger partial charge in [-0.15, -0.1) is 0 Å². The van der Waals surface area contributed by atoms with E-state index in [1.54, 1.807) is 0 Å². The fourth-order valence-corrected chi connectivity index (χ4v) is 3.55. The Kier molecular flexibility index (Phi) is 5.70. The first-order valence-electron chi connectivity index (χ1n) is 7.03. The lowest BCUT2D eigenvalue weighted by atomic mass is 10.0. The summed E-state index contributed by atoms with van der Waals surface area (Å²) in [6, 6.07) is 7.04. The number of hydrogen-bond donors (Lipinski definition) is 1. The van der Waals surface area contributed by atoms with E-state index in [4.69, 9.17) is 11.6 Å². The molecule has 1 saturated heterocycles. The molecule has 1 unspecified atom stereocenters. The zero-order chi connectivity index (χ0) is 13.8. The summed E-state index contributed by atoms with van der Waals surface area (Å²) in [5, 5.41) is 4.55. The predicted molar refractivity (Wildman–Crippen MR) is 85.8 cm³/mol. The molecule has 1 aliphatic heterocycles. The molecule has 1 N–H and O–H groups in total. The van der Waals surface area contributed by atoms with E-state index >= 15 is 0 Å². The highest BCUT2D eigenvalue weighted by Crippen LogP contribution is 2.27. The van der Waals surface area contributed by atoms with Gasteiger partial charge < -0.3 is 10.2 Å². The Morgan fingerprint density at radius 2 is 2.11 bits per heavy atom. The molecule has 0 saturated carbocycles. The van der Waals surface area contributed by atoms with Crippen LogP contribution in [0.15, 0.2) is 22.7 Å². The first-order valence-corrected chi connectivity index (χ1v) is 8.20. The monoisotopic (exact) mass is 344 g/mol. The van der Waals surface area contributed by atoms with Gasteiger partial charge >= 0.3 is 0 Å². The van der Waals surface area contributed by atoms with Crippen molar-refractivity contribution in [2.75, 3.05) is 19.6 Å². The SMILES string of the molecule is CCN1CCC(NC(C)c2ccc(Br)cc2Cl)CC1. The summed E-state index contributed by atoms with van der Waals surface area (Å²) >= 11 is 9.76. The smallest absolute Gasteiger partial charge is 0.0464 e. The van der Waals surface area contributed by atoms with Crippen LogP contribution < -0.4 is 5.32 Å². The van der Waals surface area contributed by atoms with E-state index in [1.165, 1.54) is 38.0 Å². The van der Waals surface area contributed by atoms with Crippen molar-refractivity contribution in [2.24, 2.45) is 0 Å². The van der Waals surface area contributed by atoms with Crippen LogP contribution in [-0.2, 0) is 0 Å². The molecule has 1 aromatic carbocycles. The lowest BCUT2D eigenvalue weighted by Crippen LogP contribution is -2.43. The maximum Gasteiger partial charge on any atom is 0.0464 e. The minimum absolute atomic E-state index is 0.304. The average molecular weight is 346 g/mol. The van der Waals surface area contributed by atoms with E-state index in [0.717, 1.165) is 9.50 Å². The van der Waals surface area contributed by atoms with Crippen LogP contribution in [0.2, 0.25) is 5.02 Å². The summed E-state index contributed by atoms with van der Waals surface area (Å²) in [4.78, 5) is 2.51. The van der Waals surface area contributed by atoms with Crippen LogP contribution in [0, 0.1) is 0 Å². The van der Waals surface area contributed by atoms with Crippen LogP contribution in [0.1, 0.15) is 38.3 Å². The van der Waals surface area contributed by atoms with Crippen LogP contribution in [-0.4, -0.2) is 30.6 Å². The molecule has 0 aromatic heterocycles. The minimum Gasteiger partial charge on any atom is -0.307 e. The molecule has 1 heterocycles. The van der Waals surface area contributed by atoms with Gasteiger partial charge in [-0.25, -0.2) is 0 Å². The highest BCUT2D eigenvalue weighted by atomic mass is 79.9. The van der Waals surface area contributed by atoms with Gasteiger partial charge in [-0.3, -0.25) is 0 Å². The number of likely N-dealkylation sites (tertiary alicyclic amines) is 1. The minimum atomic E-state index is 0.304. The number of halogens is 2. The van der Waals surface area contributed by atoms with Gasteiger partial charge in [0.2, 0.25) is 0 Å². The van der Waals surface area contributed by atoms with Crippen molar-refractivity contribution in [2.45, 2.75) is 38.8 Å². The van der Waals surface area contributed by atoms with Crippen molar-refractivity contribution in [3.05, 3.63) is 33.3 Å². The summed E-state index contributed by atoms with van der Waals surface area (Å²) < 4.78 is 1.03. The molecular weight excluding hydrogens is 324 g/mol. The normalized spacial score (nSPS) is 19.6. The molecule has 4 heteroatoms. The number of rotatable bonds is 4. The van der Waals surface area contributed by atoms with Crippen molar-refractivity contribution >= 4 is 27.5 Å². The standard InChI is InChI=1S/C15H22BrClN2/c1-3-19-8-6-13(7-9-19)18-11(2)14-5-4-12(16)10-15(14)17/h4-5,10-11,13,18H,3,6-9H2,1-2H3. The van der Waals surface area contributed by atoms with Gasteiger partial charge in [0.05, 0.1) is 0 Å². The maximum atomic E-state index is 6.31. The van der Waals surface area contributed by atoms with Gasteiger partial charge in [-0.2, -0.15) is 0 Å². The molecule has 2 rings (SSSR count). The Morgan fingerprint density at radius 3 is 2.68 bits per heavy atom. The third-order valence-corrected chi connectivity index (χ3v) is 4.77. The molecule has 1 fully saturated rings. The quantitative estimate of drug-likeness (QED) is 0.878. The van der Waals surface area contributed by atoms with Gasteiger partial charge in [0.15, 0.2) is 0 Å². The third kappa shape index (κ3) is 4.19. The molecular formula is C15H22BrClN2. The molecule has 0 amide bonds. The lowest BCUT2D eigenvalue weighted by Gasteiger charge is -2.33. The van der Waals surface area contributed by atoms with E-state index < -0.39 is 0 Å². The number of nitrogens with zero attached hydrogens (tertiary/aromatic N) is 1. The molecule has 2 nitrogen and oxygen atoms in total. The van der Waals surface area contributed by atoms with E-state index in [9.17, 15) is 0 Å². The van der Waals surface area contributed by atoms with Gasteiger partial charge in [-0.1, -0.05) is 40.5 Å². The van der Waals surface area contributed by atoms with E-state index in [2.05, 4.69) is 52.1 Å². The van der Waals surface area contributed by atoms with Crippen LogP contribution in [0.4, 0.5) is 0 Å². The molecule has 1 aromatic rings. The Bertz CT molecular complexity index is 417. The largest absolute Gasteiger partial charge is 0.307 e.